The summed E-state index contributed by atoms with van der Waals surface area (Å²) in [5, 5.41) is 8.76. The Morgan fingerprint density at radius 3 is 2.00 bits per heavy atom. The first kappa shape index (κ1) is 11.1. The number of aryl methyl sites for hydroxylation is 2. The molecular formula is C14H14O. The van der Waals surface area contributed by atoms with Crippen LogP contribution in [0.15, 0.2) is 42.5 Å². The van der Waals surface area contributed by atoms with Gasteiger partial charge in [0.2, 0.25) is 0 Å². The topological polar surface area (TPSA) is 20.2 Å². The van der Waals surface area contributed by atoms with E-state index in [1.165, 1.54) is 5.56 Å². The molecule has 76 valence electrons. The summed E-state index contributed by atoms with van der Waals surface area (Å²) in [5.41, 5.74) is 2.31. The van der Waals surface area contributed by atoms with E-state index in [-0.39, 0.29) is 0 Å². The van der Waals surface area contributed by atoms with Crippen LogP contribution in [0, 0.1) is 26.0 Å². The molecule has 2 aromatic rings. The van der Waals surface area contributed by atoms with Crippen LogP contribution in [0.5, 0.6) is 5.75 Å². The highest BCUT2D eigenvalue weighted by Gasteiger charge is 1.82. The van der Waals surface area contributed by atoms with Gasteiger partial charge in [0.05, 0.1) is 0 Å². The van der Waals surface area contributed by atoms with Crippen LogP contribution in [0.1, 0.15) is 11.1 Å². The van der Waals surface area contributed by atoms with Crippen molar-refractivity contribution in [1.82, 2.24) is 0 Å². The molecule has 0 unspecified atom stereocenters. The molecule has 0 radical (unpaired) electrons. The summed E-state index contributed by atoms with van der Waals surface area (Å²) >= 11 is 0. The molecule has 0 bridgehead atoms. The van der Waals surface area contributed by atoms with E-state index in [0.717, 1.165) is 5.56 Å². The van der Waals surface area contributed by atoms with Crippen molar-refractivity contribution in [2.75, 3.05) is 0 Å². The standard InChI is InChI=1S/C7H8O.C7H6/c1-6-2-4-7(8)5-3-6;1-7-5-3-2-4-6-7/h2-5,8H,1H3;2-3,5H,1H3. The van der Waals surface area contributed by atoms with E-state index in [9.17, 15) is 0 Å². The summed E-state index contributed by atoms with van der Waals surface area (Å²) in [6.07, 6.45) is 0. The average Bonchev–Trinajstić information content (AvgIpc) is 2.25. The number of phenols is 1. The Labute approximate surface area is 91.0 Å². The maximum atomic E-state index is 8.76. The first-order chi connectivity index (χ1) is 7.18. The molecule has 2 aromatic carbocycles. The highest BCUT2D eigenvalue weighted by molar-refractivity contribution is 5.24. The Hall–Kier alpha value is -1.94. The van der Waals surface area contributed by atoms with Crippen LogP contribution in [0.4, 0.5) is 0 Å². The summed E-state index contributed by atoms with van der Waals surface area (Å²) < 4.78 is 0. The Morgan fingerprint density at radius 1 is 1.00 bits per heavy atom. The van der Waals surface area contributed by atoms with E-state index < -0.39 is 0 Å². The lowest BCUT2D eigenvalue weighted by Crippen LogP contribution is -1.66. The van der Waals surface area contributed by atoms with Crippen molar-refractivity contribution >= 4 is 0 Å². The fraction of sp³-hybridized carbons (Fsp3) is 0.143. The van der Waals surface area contributed by atoms with Gasteiger partial charge in [-0.15, -0.1) is 0 Å². The van der Waals surface area contributed by atoms with E-state index in [0.29, 0.717) is 5.75 Å². The number of phenolic OH excluding ortho intramolecular Hbond substituents is 1. The Morgan fingerprint density at radius 2 is 1.67 bits per heavy atom. The van der Waals surface area contributed by atoms with Gasteiger partial charge in [0.25, 0.3) is 0 Å². The summed E-state index contributed by atoms with van der Waals surface area (Å²) in [6.45, 7) is 3.98. The third-order valence-electron chi connectivity index (χ3n) is 1.83. The minimum absolute atomic E-state index is 0.329. The number of rotatable bonds is 0. The van der Waals surface area contributed by atoms with Crippen LogP contribution in [0.25, 0.3) is 0 Å². The van der Waals surface area contributed by atoms with Crippen LogP contribution in [0.2, 0.25) is 0 Å². The van der Waals surface area contributed by atoms with E-state index in [4.69, 9.17) is 5.11 Å². The van der Waals surface area contributed by atoms with Crippen molar-refractivity contribution in [2.45, 2.75) is 13.8 Å². The molecule has 1 heteroatoms. The highest BCUT2D eigenvalue weighted by atomic mass is 16.3. The SMILES string of the molecule is Cc1c#cccc1.Cc1ccc(O)cc1. The Kier molecular flexibility index (Phi) is 4.25. The summed E-state index contributed by atoms with van der Waals surface area (Å²) in [6, 6.07) is 18.6. The first-order valence-corrected chi connectivity index (χ1v) is 4.79. The lowest BCUT2D eigenvalue weighted by Gasteiger charge is -1.89. The third kappa shape index (κ3) is 4.73. The molecule has 0 saturated heterocycles. The molecule has 0 spiro atoms. The Balaban J connectivity index is 0.000000151. The van der Waals surface area contributed by atoms with E-state index in [1.807, 2.05) is 44.2 Å². The van der Waals surface area contributed by atoms with Crippen LogP contribution in [-0.4, -0.2) is 5.11 Å². The van der Waals surface area contributed by atoms with Crippen LogP contribution >= 0.6 is 0 Å². The number of hydrogen-bond donors (Lipinski definition) is 1. The maximum Gasteiger partial charge on any atom is 0.115 e. The predicted octanol–water partition coefficient (Wildman–Crippen LogP) is 3.30. The fourth-order valence-corrected chi connectivity index (χ4v) is 0.982. The average molecular weight is 198 g/mol. The van der Waals surface area contributed by atoms with Gasteiger partial charge < -0.3 is 5.11 Å². The van der Waals surface area contributed by atoms with Crippen LogP contribution in [0.3, 0.4) is 0 Å². The fourth-order valence-electron chi connectivity index (χ4n) is 0.982. The van der Waals surface area contributed by atoms with Crippen molar-refractivity contribution in [2.24, 2.45) is 0 Å². The molecule has 0 saturated carbocycles. The minimum Gasteiger partial charge on any atom is -0.508 e. The van der Waals surface area contributed by atoms with Gasteiger partial charge >= 0.3 is 0 Å². The molecule has 0 fully saturated rings. The van der Waals surface area contributed by atoms with Crippen molar-refractivity contribution in [3.05, 3.63) is 65.7 Å². The maximum absolute atomic E-state index is 8.76. The number of benzene rings is 1. The van der Waals surface area contributed by atoms with Gasteiger partial charge in [-0.1, -0.05) is 42.0 Å². The molecular weight excluding hydrogens is 184 g/mol. The first-order valence-electron chi connectivity index (χ1n) is 4.79. The zero-order valence-electron chi connectivity index (χ0n) is 8.99. The lowest BCUT2D eigenvalue weighted by molar-refractivity contribution is 0.475. The second kappa shape index (κ2) is 5.72. The van der Waals surface area contributed by atoms with Gasteiger partial charge in [-0.2, -0.15) is 0 Å². The Bertz CT molecular complexity index is 355. The van der Waals surface area contributed by atoms with Crippen molar-refractivity contribution < 1.29 is 5.11 Å². The van der Waals surface area contributed by atoms with E-state index >= 15 is 0 Å². The van der Waals surface area contributed by atoms with Gasteiger partial charge in [-0.05, 0) is 37.6 Å². The zero-order valence-corrected chi connectivity index (χ0v) is 8.99. The molecule has 0 atom stereocenters. The number of aromatic hydroxyl groups is 1. The minimum atomic E-state index is 0.329. The number of hydrogen-bond acceptors (Lipinski definition) is 1. The molecule has 0 aliphatic rings. The van der Waals surface area contributed by atoms with Gasteiger partial charge in [-0.25, -0.2) is 0 Å². The second-order valence-electron chi connectivity index (χ2n) is 3.31. The smallest absolute Gasteiger partial charge is 0.115 e. The molecule has 0 amide bonds. The van der Waals surface area contributed by atoms with Crippen LogP contribution in [-0.2, 0) is 0 Å². The summed E-state index contributed by atoms with van der Waals surface area (Å²) in [7, 11) is 0. The van der Waals surface area contributed by atoms with Crippen molar-refractivity contribution in [3.63, 3.8) is 0 Å². The molecule has 0 heterocycles. The molecule has 0 aromatic heterocycles. The van der Waals surface area contributed by atoms with E-state index in [2.05, 4.69) is 12.1 Å². The summed E-state index contributed by atoms with van der Waals surface area (Å²) in [4.78, 5) is 0. The van der Waals surface area contributed by atoms with Crippen molar-refractivity contribution in [3.8, 4) is 5.75 Å². The van der Waals surface area contributed by atoms with E-state index in [1.54, 1.807) is 12.1 Å². The van der Waals surface area contributed by atoms with Crippen LogP contribution < -0.4 is 0 Å². The summed E-state index contributed by atoms with van der Waals surface area (Å²) in [5.74, 6) is 0.329. The largest absolute Gasteiger partial charge is 0.508 e. The zero-order chi connectivity index (χ0) is 11.1. The molecule has 15 heavy (non-hydrogen) atoms. The second-order valence-corrected chi connectivity index (χ2v) is 3.31. The van der Waals surface area contributed by atoms with Gasteiger partial charge in [0.1, 0.15) is 5.75 Å². The third-order valence-corrected chi connectivity index (χ3v) is 1.83. The molecule has 2 rings (SSSR count). The molecule has 0 aliphatic heterocycles. The molecule has 1 N–H and O–H groups in total. The van der Waals surface area contributed by atoms with Gasteiger partial charge in [0, 0.05) is 0 Å². The quantitative estimate of drug-likeness (QED) is 0.688. The van der Waals surface area contributed by atoms with Gasteiger partial charge in [-0.3, -0.25) is 0 Å². The highest BCUT2D eigenvalue weighted by Crippen LogP contribution is 2.07. The molecule has 1 nitrogen and oxygen atoms in total. The van der Waals surface area contributed by atoms with Gasteiger partial charge in [0.15, 0.2) is 0 Å². The predicted molar refractivity (Wildman–Crippen MR) is 61.7 cm³/mol. The van der Waals surface area contributed by atoms with Crippen molar-refractivity contribution in [1.29, 1.82) is 0 Å². The monoisotopic (exact) mass is 198 g/mol. The lowest BCUT2D eigenvalue weighted by atomic mass is 10.2. The molecule has 0 aliphatic carbocycles. The normalized spacial score (nSPS) is 8.40.